The van der Waals surface area contributed by atoms with Gasteiger partial charge in [0.15, 0.2) is 0 Å². The quantitative estimate of drug-likeness (QED) is 0.891. The highest BCUT2D eigenvalue weighted by Crippen LogP contribution is 2.34. The molecule has 1 aromatic carbocycles. The number of nitrogens with two attached hydrogens (primary N) is 1. The van der Waals surface area contributed by atoms with E-state index < -0.39 is 0 Å². The number of aromatic nitrogens is 1. The van der Waals surface area contributed by atoms with Crippen molar-refractivity contribution in [3.63, 3.8) is 0 Å². The Kier molecular flexibility index (Phi) is 4.71. The Labute approximate surface area is 138 Å². The third kappa shape index (κ3) is 3.00. The lowest BCUT2D eigenvalue weighted by molar-refractivity contribution is 0.0956. The topological polar surface area (TPSA) is 60.0 Å². The zero-order chi connectivity index (χ0) is 16.4. The Morgan fingerprint density at radius 1 is 1.30 bits per heavy atom. The van der Waals surface area contributed by atoms with Crippen LogP contribution < -0.4 is 11.1 Å². The van der Waals surface area contributed by atoms with Gasteiger partial charge in [-0.3, -0.25) is 4.79 Å². The normalized spacial score (nSPS) is 14.3. The van der Waals surface area contributed by atoms with E-state index in [1.165, 1.54) is 29.5 Å². The first-order chi connectivity index (χ1) is 11.1. The average Bonchev–Trinajstić information content (AvgIpc) is 2.87. The van der Waals surface area contributed by atoms with Crippen LogP contribution in [-0.2, 0) is 19.4 Å². The summed E-state index contributed by atoms with van der Waals surface area (Å²) in [4.78, 5) is 12.6. The van der Waals surface area contributed by atoms with E-state index in [2.05, 4.69) is 29.8 Å². The van der Waals surface area contributed by atoms with E-state index in [1.807, 2.05) is 12.1 Å². The number of fused-ring (bicyclic) bond motifs is 3. The number of nitrogens with zero attached hydrogens (tertiary/aromatic N) is 1. The summed E-state index contributed by atoms with van der Waals surface area (Å²) in [6.07, 6.45) is 4.75. The van der Waals surface area contributed by atoms with Crippen molar-refractivity contribution >= 4 is 16.8 Å². The number of para-hydroxylation sites is 1. The second-order valence-electron chi connectivity index (χ2n) is 6.88. The van der Waals surface area contributed by atoms with Crippen LogP contribution in [0.15, 0.2) is 18.2 Å². The van der Waals surface area contributed by atoms with E-state index in [-0.39, 0.29) is 5.91 Å². The third-order valence-electron chi connectivity index (χ3n) is 4.62. The number of nitrogens with one attached hydrogen (secondary N) is 1. The molecule has 4 heteroatoms. The van der Waals surface area contributed by atoms with Crippen molar-refractivity contribution in [2.75, 3.05) is 13.1 Å². The Bertz CT molecular complexity index is 715. The highest BCUT2D eigenvalue weighted by molar-refractivity contribution is 6.07. The van der Waals surface area contributed by atoms with Gasteiger partial charge in [0, 0.05) is 30.7 Å². The van der Waals surface area contributed by atoms with Crippen LogP contribution in [0.1, 0.15) is 48.3 Å². The van der Waals surface area contributed by atoms with Gasteiger partial charge in [0.1, 0.15) is 0 Å². The van der Waals surface area contributed by atoms with Crippen LogP contribution in [0.25, 0.3) is 10.9 Å². The monoisotopic (exact) mass is 313 g/mol. The number of hydrogen-bond acceptors (Lipinski definition) is 2. The molecule has 0 spiro atoms. The number of carbonyl (C=O) groups excluding carboxylic acids is 1. The second-order valence-corrected chi connectivity index (χ2v) is 6.88. The van der Waals surface area contributed by atoms with Gasteiger partial charge in [0.05, 0.1) is 11.1 Å². The van der Waals surface area contributed by atoms with Crippen molar-refractivity contribution in [2.45, 2.75) is 46.1 Å². The molecule has 1 aromatic heterocycles. The van der Waals surface area contributed by atoms with Crippen LogP contribution in [0, 0.1) is 5.92 Å². The molecule has 1 amide bonds. The summed E-state index contributed by atoms with van der Waals surface area (Å²) in [6.45, 7) is 6.41. The van der Waals surface area contributed by atoms with Crippen molar-refractivity contribution in [2.24, 2.45) is 11.7 Å². The smallest absolute Gasteiger partial charge is 0.253 e. The number of hydrogen-bond donors (Lipinski definition) is 2. The van der Waals surface area contributed by atoms with Crippen molar-refractivity contribution in [1.82, 2.24) is 9.88 Å². The van der Waals surface area contributed by atoms with Gasteiger partial charge in [-0.15, -0.1) is 0 Å². The summed E-state index contributed by atoms with van der Waals surface area (Å²) in [5, 5.41) is 4.19. The van der Waals surface area contributed by atoms with E-state index in [0.717, 1.165) is 30.5 Å². The summed E-state index contributed by atoms with van der Waals surface area (Å²) in [5.41, 5.74) is 10.3. The minimum Gasteiger partial charge on any atom is -0.351 e. The first-order valence-electron chi connectivity index (χ1n) is 8.74. The van der Waals surface area contributed by atoms with Crippen molar-refractivity contribution in [1.29, 1.82) is 0 Å². The van der Waals surface area contributed by atoms with Gasteiger partial charge in [-0.25, -0.2) is 0 Å². The van der Waals surface area contributed by atoms with E-state index in [9.17, 15) is 4.79 Å². The fraction of sp³-hybridized carbons (Fsp3) is 0.526. The van der Waals surface area contributed by atoms with Crippen LogP contribution >= 0.6 is 0 Å². The molecule has 3 rings (SSSR count). The van der Waals surface area contributed by atoms with E-state index in [4.69, 9.17) is 5.73 Å². The molecule has 0 unspecified atom stereocenters. The molecule has 0 radical (unpaired) electrons. The van der Waals surface area contributed by atoms with Gasteiger partial charge < -0.3 is 15.6 Å². The minimum absolute atomic E-state index is 0.0131. The van der Waals surface area contributed by atoms with Crippen LogP contribution in [0.3, 0.4) is 0 Å². The van der Waals surface area contributed by atoms with Gasteiger partial charge in [-0.2, -0.15) is 0 Å². The van der Waals surface area contributed by atoms with Gasteiger partial charge >= 0.3 is 0 Å². The van der Waals surface area contributed by atoms with Crippen LogP contribution in [0.5, 0.6) is 0 Å². The highest BCUT2D eigenvalue weighted by Gasteiger charge is 2.23. The first-order valence-corrected chi connectivity index (χ1v) is 8.74. The summed E-state index contributed by atoms with van der Waals surface area (Å²) < 4.78 is 2.41. The molecule has 0 aliphatic heterocycles. The maximum absolute atomic E-state index is 12.6. The average molecular weight is 313 g/mol. The summed E-state index contributed by atoms with van der Waals surface area (Å²) >= 11 is 0. The zero-order valence-corrected chi connectivity index (χ0v) is 14.2. The number of aryl methyl sites for hydroxylation is 1. The number of carbonyl (C=O) groups is 1. The van der Waals surface area contributed by atoms with E-state index >= 15 is 0 Å². The molecule has 124 valence electrons. The molecule has 1 aliphatic carbocycles. The number of rotatable bonds is 5. The maximum atomic E-state index is 12.6. The van der Waals surface area contributed by atoms with E-state index in [0.29, 0.717) is 19.0 Å². The lowest BCUT2D eigenvalue weighted by atomic mass is 9.95. The predicted octanol–water partition coefficient (Wildman–Crippen LogP) is 2.86. The molecule has 0 saturated heterocycles. The molecule has 0 atom stereocenters. The van der Waals surface area contributed by atoms with Crippen LogP contribution in [0.2, 0.25) is 0 Å². The number of amides is 1. The summed E-state index contributed by atoms with van der Waals surface area (Å²) in [7, 11) is 0. The number of benzene rings is 1. The summed E-state index contributed by atoms with van der Waals surface area (Å²) in [5.74, 6) is 0.540. The minimum atomic E-state index is -0.0131. The SMILES string of the molecule is CC(C)Cn1c2c(c3cccc(C(=O)NCCN)c31)CCCC2. The largest absolute Gasteiger partial charge is 0.351 e. The molecule has 0 bridgehead atoms. The molecule has 1 aliphatic rings. The summed E-state index contributed by atoms with van der Waals surface area (Å²) in [6, 6.07) is 6.13. The lowest BCUT2D eigenvalue weighted by Gasteiger charge is -2.18. The Hall–Kier alpha value is -1.81. The lowest BCUT2D eigenvalue weighted by Crippen LogP contribution is -2.29. The molecule has 4 nitrogen and oxygen atoms in total. The van der Waals surface area contributed by atoms with Crippen molar-refractivity contribution in [3.05, 3.63) is 35.0 Å². The van der Waals surface area contributed by atoms with Crippen LogP contribution in [0.4, 0.5) is 0 Å². The fourth-order valence-corrected chi connectivity index (χ4v) is 3.72. The molecular formula is C19H27N3O. The first kappa shape index (κ1) is 16.1. The van der Waals surface area contributed by atoms with Gasteiger partial charge in [0.2, 0.25) is 0 Å². The van der Waals surface area contributed by atoms with Crippen molar-refractivity contribution in [3.8, 4) is 0 Å². The molecule has 3 N–H and O–H groups in total. The second kappa shape index (κ2) is 6.75. The fourth-order valence-electron chi connectivity index (χ4n) is 3.72. The molecular weight excluding hydrogens is 286 g/mol. The molecule has 1 heterocycles. The highest BCUT2D eigenvalue weighted by atomic mass is 16.1. The molecule has 2 aromatic rings. The Morgan fingerprint density at radius 2 is 2.09 bits per heavy atom. The third-order valence-corrected chi connectivity index (χ3v) is 4.62. The Morgan fingerprint density at radius 3 is 2.83 bits per heavy atom. The van der Waals surface area contributed by atoms with Gasteiger partial charge in [0.25, 0.3) is 5.91 Å². The zero-order valence-electron chi connectivity index (χ0n) is 14.2. The van der Waals surface area contributed by atoms with Crippen molar-refractivity contribution < 1.29 is 4.79 Å². The standard InChI is InChI=1S/C19H27N3O/c1-13(2)12-22-17-9-4-3-6-14(17)15-7-5-8-16(18(15)22)19(23)21-11-10-20/h5,7-8,13H,3-4,6,9-12,20H2,1-2H3,(H,21,23). The van der Waals surface area contributed by atoms with Gasteiger partial charge in [-0.1, -0.05) is 26.0 Å². The Balaban J connectivity index is 2.18. The van der Waals surface area contributed by atoms with Gasteiger partial charge in [-0.05, 0) is 43.2 Å². The molecule has 0 fully saturated rings. The maximum Gasteiger partial charge on any atom is 0.253 e. The van der Waals surface area contributed by atoms with E-state index in [1.54, 1.807) is 0 Å². The molecule has 0 saturated carbocycles. The predicted molar refractivity (Wildman–Crippen MR) is 94.8 cm³/mol. The molecule has 23 heavy (non-hydrogen) atoms. The van der Waals surface area contributed by atoms with Crippen LogP contribution in [-0.4, -0.2) is 23.6 Å².